The summed E-state index contributed by atoms with van der Waals surface area (Å²) < 4.78 is 0. The Kier molecular flexibility index (Phi) is 7.03. The summed E-state index contributed by atoms with van der Waals surface area (Å²) in [5.41, 5.74) is 1.93. The molecule has 6 heteroatoms. The minimum Gasteiger partial charge on any atom is -0.396 e. The number of urea groups is 1. The maximum absolute atomic E-state index is 12.5. The fourth-order valence-corrected chi connectivity index (χ4v) is 2.52. The van der Waals surface area contributed by atoms with Crippen LogP contribution in [0.15, 0.2) is 48.7 Å². The van der Waals surface area contributed by atoms with Gasteiger partial charge in [0.1, 0.15) is 5.15 Å². The lowest BCUT2D eigenvalue weighted by atomic mass is 10.0. The molecule has 5 nitrogen and oxygen atoms in total. The molecule has 1 aromatic carbocycles. The highest BCUT2D eigenvalue weighted by Gasteiger charge is 2.17. The first-order valence-corrected chi connectivity index (χ1v) is 8.26. The normalized spacial score (nSPS) is 11.8. The zero-order valence-corrected chi connectivity index (χ0v) is 14.4. The van der Waals surface area contributed by atoms with E-state index in [0.29, 0.717) is 24.5 Å². The van der Waals surface area contributed by atoms with Crippen LogP contribution >= 0.6 is 11.6 Å². The zero-order chi connectivity index (χ0) is 17.4. The van der Waals surface area contributed by atoms with E-state index >= 15 is 0 Å². The molecule has 0 fully saturated rings. The lowest BCUT2D eigenvalue weighted by molar-refractivity contribution is 0.200. The molecule has 1 atom stereocenters. The second kappa shape index (κ2) is 9.25. The minimum absolute atomic E-state index is 0.103. The number of aliphatic hydroxyl groups is 1. The second-order valence-corrected chi connectivity index (χ2v) is 6.01. The van der Waals surface area contributed by atoms with Crippen LogP contribution in [-0.4, -0.2) is 34.7 Å². The summed E-state index contributed by atoms with van der Waals surface area (Å²) in [5, 5.41) is 12.5. The number of halogens is 1. The van der Waals surface area contributed by atoms with Crippen LogP contribution < -0.4 is 5.32 Å². The van der Waals surface area contributed by atoms with E-state index in [1.807, 2.05) is 36.4 Å². The lowest BCUT2D eigenvalue weighted by Crippen LogP contribution is -2.39. The van der Waals surface area contributed by atoms with Crippen LogP contribution in [0.4, 0.5) is 4.79 Å². The zero-order valence-electron chi connectivity index (χ0n) is 13.7. The summed E-state index contributed by atoms with van der Waals surface area (Å²) in [4.78, 5) is 18.1. The fraction of sp³-hybridized carbons (Fsp3) is 0.333. The predicted molar refractivity (Wildman–Crippen MR) is 94.7 cm³/mol. The summed E-state index contributed by atoms with van der Waals surface area (Å²) >= 11 is 5.77. The standard InChI is InChI=1S/C18H22ClN3O2/c1-22(13-14-9-10-17(19)20-12-14)18(24)21-16(8-5-11-23)15-6-3-2-4-7-15/h2-4,6-7,9-10,12,16,23H,5,8,11,13H2,1H3,(H,21,24). The van der Waals surface area contributed by atoms with E-state index in [-0.39, 0.29) is 18.7 Å². The molecule has 0 aliphatic rings. The molecule has 24 heavy (non-hydrogen) atoms. The van der Waals surface area contributed by atoms with Crippen molar-refractivity contribution in [3.8, 4) is 0 Å². The first kappa shape index (κ1) is 18.2. The average molecular weight is 348 g/mol. The highest BCUT2D eigenvalue weighted by Crippen LogP contribution is 2.18. The Bertz CT molecular complexity index is 634. The maximum Gasteiger partial charge on any atom is 0.317 e. The topological polar surface area (TPSA) is 65.5 Å². The Labute approximate surface area is 147 Å². The van der Waals surface area contributed by atoms with Crippen molar-refractivity contribution in [1.29, 1.82) is 0 Å². The second-order valence-electron chi connectivity index (χ2n) is 5.62. The smallest absolute Gasteiger partial charge is 0.317 e. The first-order valence-electron chi connectivity index (χ1n) is 7.88. The minimum atomic E-state index is -0.170. The molecule has 0 aliphatic heterocycles. The van der Waals surface area contributed by atoms with Crippen molar-refractivity contribution in [2.24, 2.45) is 0 Å². The molecule has 1 heterocycles. The van der Waals surface area contributed by atoms with Gasteiger partial charge in [0.05, 0.1) is 6.04 Å². The summed E-state index contributed by atoms with van der Waals surface area (Å²) in [5.74, 6) is 0. The van der Waals surface area contributed by atoms with Gasteiger partial charge in [-0.2, -0.15) is 0 Å². The van der Waals surface area contributed by atoms with E-state index in [1.165, 1.54) is 0 Å². The molecule has 1 unspecified atom stereocenters. The molecule has 0 saturated carbocycles. The van der Waals surface area contributed by atoms with Gasteiger partial charge >= 0.3 is 6.03 Å². The summed E-state index contributed by atoms with van der Waals surface area (Å²) in [7, 11) is 1.73. The SMILES string of the molecule is CN(Cc1ccc(Cl)nc1)C(=O)NC(CCCO)c1ccccc1. The Morgan fingerprint density at radius 2 is 2.04 bits per heavy atom. The number of nitrogens with zero attached hydrogens (tertiary/aromatic N) is 2. The van der Waals surface area contributed by atoms with Gasteiger partial charge in [0.25, 0.3) is 0 Å². The molecule has 0 radical (unpaired) electrons. The van der Waals surface area contributed by atoms with Crippen LogP contribution in [0, 0.1) is 0 Å². The van der Waals surface area contributed by atoms with Crippen molar-refractivity contribution >= 4 is 17.6 Å². The van der Waals surface area contributed by atoms with Crippen molar-refractivity contribution in [3.05, 3.63) is 64.9 Å². The third kappa shape index (κ3) is 5.51. The third-order valence-electron chi connectivity index (χ3n) is 3.71. The molecule has 0 aliphatic carbocycles. The predicted octanol–water partition coefficient (Wildman–Crippen LogP) is 3.39. The fourth-order valence-electron chi connectivity index (χ4n) is 2.41. The average Bonchev–Trinajstić information content (AvgIpc) is 2.61. The van der Waals surface area contributed by atoms with Crippen LogP contribution in [0.5, 0.6) is 0 Å². The number of aromatic nitrogens is 1. The largest absolute Gasteiger partial charge is 0.396 e. The quantitative estimate of drug-likeness (QED) is 0.754. The summed E-state index contributed by atoms with van der Waals surface area (Å²) in [6.45, 7) is 0.545. The van der Waals surface area contributed by atoms with Crippen molar-refractivity contribution < 1.29 is 9.90 Å². The van der Waals surface area contributed by atoms with Crippen molar-refractivity contribution in [3.63, 3.8) is 0 Å². The number of hydrogen-bond donors (Lipinski definition) is 2. The first-order chi connectivity index (χ1) is 11.6. The lowest BCUT2D eigenvalue weighted by Gasteiger charge is -2.24. The highest BCUT2D eigenvalue weighted by atomic mass is 35.5. The maximum atomic E-state index is 12.5. The van der Waals surface area contributed by atoms with Gasteiger partial charge in [-0.3, -0.25) is 0 Å². The molecule has 0 saturated heterocycles. The van der Waals surface area contributed by atoms with Gasteiger partial charge in [-0.05, 0) is 30.0 Å². The molecule has 1 aromatic heterocycles. The third-order valence-corrected chi connectivity index (χ3v) is 3.93. The number of amides is 2. The summed E-state index contributed by atoms with van der Waals surface area (Å²) in [6, 6.07) is 13.0. The molecular weight excluding hydrogens is 326 g/mol. The molecule has 128 valence electrons. The molecule has 2 rings (SSSR count). The van der Waals surface area contributed by atoms with Crippen molar-refractivity contribution in [2.45, 2.75) is 25.4 Å². The number of benzene rings is 1. The van der Waals surface area contributed by atoms with Crippen LogP contribution in [0.2, 0.25) is 5.15 Å². The number of pyridine rings is 1. The van der Waals surface area contributed by atoms with Gasteiger partial charge in [-0.15, -0.1) is 0 Å². The van der Waals surface area contributed by atoms with Crippen LogP contribution in [0.3, 0.4) is 0 Å². The van der Waals surface area contributed by atoms with Gasteiger partial charge in [0.15, 0.2) is 0 Å². The van der Waals surface area contributed by atoms with Gasteiger partial charge in [0.2, 0.25) is 0 Å². The summed E-state index contributed by atoms with van der Waals surface area (Å²) in [6.07, 6.45) is 2.97. The Morgan fingerprint density at radius 1 is 1.29 bits per heavy atom. The van der Waals surface area contributed by atoms with E-state index in [2.05, 4.69) is 10.3 Å². The highest BCUT2D eigenvalue weighted by molar-refractivity contribution is 6.29. The van der Waals surface area contributed by atoms with Crippen LogP contribution in [0.1, 0.15) is 30.0 Å². The molecule has 2 aromatic rings. The number of aliphatic hydroxyl groups excluding tert-OH is 1. The number of carbonyl (C=O) groups excluding carboxylic acids is 1. The van der Waals surface area contributed by atoms with E-state index in [1.54, 1.807) is 24.2 Å². The number of nitrogens with one attached hydrogen (secondary N) is 1. The van der Waals surface area contributed by atoms with E-state index in [0.717, 1.165) is 11.1 Å². The van der Waals surface area contributed by atoms with Gasteiger partial charge in [-0.1, -0.05) is 48.0 Å². The molecule has 2 amide bonds. The number of carbonyl (C=O) groups is 1. The van der Waals surface area contributed by atoms with Crippen LogP contribution in [-0.2, 0) is 6.54 Å². The van der Waals surface area contributed by atoms with Crippen molar-refractivity contribution in [2.75, 3.05) is 13.7 Å². The van der Waals surface area contributed by atoms with E-state index in [9.17, 15) is 4.79 Å². The Balaban J connectivity index is 1.99. The number of rotatable bonds is 7. The molecular formula is C18H22ClN3O2. The number of hydrogen-bond acceptors (Lipinski definition) is 3. The van der Waals surface area contributed by atoms with E-state index in [4.69, 9.17) is 16.7 Å². The van der Waals surface area contributed by atoms with Gasteiger partial charge < -0.3 is 15.3 Å². The van der Waals surface area contributed by atoms with Gasteiger partial charge in [-0.25, -0.2) is 9.78 Å². The van der Waals surface area contributed by atoms with Gasteiger partial charge in [0, 0.05) is 26.4 Å². The van der Waals surface area contributed by atoms with Crippen LogP contribution in [0.25, 0.3) is 0 Å². The monoisotopic (exact) mass is 347 g/mol. The molecule has 2 N–H and O–H groups in total. The molecule has 0 spiro atoms. The molecule has 0 bridgehead atoms. The van der Waals surface area contributed by atoms with Crippen molar-refractivity contribution in [1.82, 2.24) is 15.2 Å². The van der Waals surface area contributed by atoms with E-state index < -0.39 is 0 Å². The Hall–Kier alpha value is -2.11. The Morgan fingerprint density at radius 3 is 2.67 bits per heavy atom.